The predicted molar refractivity (Wildman–Crippen MR) is 96.2 cm³/mol. The lowest BCUT2D eigenvalue weighted by Gasteiger charge is -2.31. The number of benzene rings is 2. The highest BCUT2D eigenvalue weighted by molar-refractivity contribution is 5.81. The van der Waals surface area contributed by atoms with Gasteiger partial charge in [0.2, 0.25) is 0 Å². The molecule has 3 heteroatoms. The van der Waals surface area contributed by atoms with Crippen molar-refractivity contribution in [2.45, 2.75) is 46.3 Å². The van der Waals surface area contributed by atoms with Crippen molar-refractivity contribution in [2.24, 2.45) is 0 Å². The normalized spacial score (nSPS) is 14.9. The smallest absolute Gasteiger partial charge is 0.263 e. The molecule has 0 saturated heterocycles. The fraction of sp³-hybridized carbons (Fsp3) is 0.381. The van der Waals surface area contributed by atoms with Crippen molar-refractivity contribution in [3.05, 3.63) is 64.7 Å². The molecule has 0 fully saturated rings. The van der Waals surface area contributed by atoms with Gasteiger partial charge in [0.25, 0.3) is 5.91 Å². The molecule has 1 aliphatic rings. The summed E-state index contributed by atoms with van der Waals surface area (Å²) in [7, 11) is 0. The van der Waals surface area contributed by atoms with Crippen LogP contribution in [0.4, 0.5) is 0 Å². The predicted octanol–water partition coefficient (Wildman–Crippen LogP) is 4.05. The zero-order chi connectivity index (χ0) is 17.1. The highest BCUT2D eigenvalue weighted by Crippen LogP contribution is 2.22. The van der Waals surface area contributed by atoms with E-state index in [1.807, 2.05) is 36.1 Å². The van der Waals surface area contributed by atoms with Crippen molar-refractivity contribution >= 4 is 5.91 Å². The van der Waals surface area contributed by atoms with Crippen LogP contribution in [-0.4, -0.2) is 23.5 Å². The number of amides is 1. The topological polar surface area (TPSA) is 29.5 Å². The fourth-order valence-electron chi connectivity index (χ4n) is 3.15. The van der Waals surface area contributed by atoms with E-state index in [4.69, 9.17) is 4.74 Å². The second-order valence-corrected chi connectivity index (χ2v) is 6.54. The summed E-state index contributed by atoms with van der Waals surface area (Å²) in [5.74, 6) is 0.862. The van der Waals surface area contributed by atoms with Crippen LogP contribution in [0.3, 0.4) is 0 Å². The number of hydrogen-bond acceptors (Lipinski definition) is 2. The van der Waals surface area contributed by atoms with Gasteiger partial charge < -0.3 is 9.64 Å². The van der Waals surface area contributed by atoms with Crippen molar-refractivity contribution in [1.29, 1.82) is 0 Å². The first-order valence-corrected chi connectivity index (χ1v) is 8.68. The Morgan fingerprint density at radius 1 is 1.12 bits per heavy atom. The SMILES string of the molecule is CC[C@@H](Oc1ccc(C)c(C)c1)C(=O)N1CCc2ccccc2C1. The molecular weight excluding hydrogens is 298 g/mol. The molecule has 3 nitrogen and oxygen atoms in total. The number of aryl methyl sites for hydroxylation is 2. The largest absolute Gasteiger partial charge is 0.481 e. The van der Waals surface area contributed by atoms with Crippen LogP contribution in [0.5, 0.6) is 5.75 Å². The summed E-state index contributed by atoms with van der Waals surface area (Å²) in [6, 6.07) is 14.4. The molecule has 0 aliphatic carbocycles. The van der Waals surface area contributed by atoms with E-state index < -0.39 is 6.10 Å². The molecule has 24 heavy (non-hydrogen) atoms. The number of fused-ring (bicyclic) bond motifs is 1. The van der Waals surface area contributed by atoms with Crippen LogP contribution in [0, 0.1) is 13.8 Å². The highest BCUT2D eigenvalue weighted by atomic mass is 16.5. The van der Waals surface area contributed by atoms with Gasteiger partial charge in [0.15, 0.2) is 6.10 Å². The van der Waals surface area contributed by atoms with Crippen molar-refractivity contribution < 1.29 is 9.53 Å². The Labute approximate surface area is 144 Å². The molecule has 1 heterocycles. The molecule has 0 N–H and O–H groups in total. The summed E-state index contributed by atoms with van der Waals surface area (Å²) in [6.45, 7) is 7.59. The maximum Gasteiger partial charge on any atom is 0.263 e. The van der Waals surface area contributed by atoms with Crippen LogP contribution in [-0.2, 0) is 17.8 Å². The lowest BCUT2D eigenvalue weighted by molar-refractivity contribution is -0.139. The van der Waals surface area contributed by atoms with Crippen LogP contribution in [0.2, 0.25) is 0 Å². The molecule has 0 saturated carbocycles. The molecule has 3 rings (SSSR count). The van der Waals surface area contributed by atoms with Crippen LogP contribution in [0.15, 0.2) is 42.5 Å². The summed E-state index contributed by atoms with van der Waals surface area (Å²) in [4.78, 5) is 14.8. The Morgan fingerprint density at radius 3 is 2.58 bits per heavy atom. The van der Waals surface area contributed by atoms with Gasteiger partial charge in [-0.25, -0.2) is 0 Å². The third kappa shape index (κ3) is 3.45. The zero-order valence-electron chi connectivity index (χ0n) is 14.7. The second kappa shape index (κ2) is 7.08. The molecule has 0 spiro atoms. The minimum absolute atomic E-state index is 0.0882. The van der Waals surface area contributed by atoms with E-state index in [0.29, 0.717) is 13.0 Å². The van der Waals surface area contributed by atoms with Gasteiger partial charge in [-0.3, -0.25) is 4.79 Å². The van der Waals surface area contributed by atoms with Gasteiger partial charge in [0.05, 0.1) is 0 Å². The molecular formula is C21H25NO2. The molecule has 126 valence electrons. The Balaban J connectivity index is 1.71. The maximum absolute atomic E-state index is 12.9. The van der Waals surface area contributed by atoms with E-state index in [-0.39, 0.29) is 5.91 Å². The van der Waals surface area contributed by atoms with E-state index >= 15 is 0 Å². The summed E-state index contributed by atoms with van der Waals surface area (Å²) in [6.07, 6.45) is 1.17. The Bertz CT molecular complexity index is 738. The van der Waals surface area contributed by atoms with Gasteiger partial charge in [-0.15, -0.1) is 0 Å². The highest BCUT2D eigenvalue weighted by Gasteiger charge is 2.27. The number of carbonyl (C=O) groups is 1. The minimum atomic E-state index is -0.419. The zero-order valence-corrected chi connectivity index (χ0v) is 14.7. The van der Waals surface area contributed by atoms with Crippen molar-refractivity contribution in [1.82, 2.24) is 4.90 Å². The van der Waals surface area contributed by atoms with Crippen LogP contribution < -0.4 is 4.74 Å². The number of nitrogens with zero attached hydrogens (tertiary/aromatic N) is 1. The maximum atomic E-state index is 12.9. The minimum Gasteiger partial charge on any atom is -0.481 e. The molecule has 1 atom stereocenters. The Hall–Kier alpha value is -2.29. The molecule has 0 radical (unpaired) electrons. The molecule has 0 unspecified atom stereocenters. The van der Waals surface area contributed by atoms with E-state index in [0.717, 1.165) is 18.7 Å². The van der Waals surface area contributed by atoms with Gasteiger partial charge in [0.1, 0.15) is 5.75 Å². The van der Waals surface area contributed by atoms with Crippen LogP contribution in [0.1, 0.15) is 35.6 Å². The second-order valence-electron chi connectivity index (χ2n) is 6.54. The van der Waals surface area contributed by atoms with Crippen molar-refractivity contribution in [3.63, 3.8) is 0 Å². The quantitative estimate of drug-likeness (QED) is 0.849. The number of rotatable bonds is 4. The summed E-state index contributed by atoms with van der Waals surface area (Å²) in [5, 5.41) is 0. The monoisotopic (exact) mass is 323 g/mol. The fourth-order valence-corrected chi connectivity index (χ4v) is 3.15. The lowest BCUT2D eigenvalue weighted by atomic mass is 9.99. The lowest BCUT2D eigenvalue weighted by Crippen LogP contribution is -2.44. The van der Waals surface area contributed by atoms with Crippen molar-refractivity contribution in [2.75, 3.05) is 6.54 Å². The average Bonchev–Trinajstić information content (AvgIpc) is 2.61. The van der Waals surface area contributed by atoms with Gasteiger partial charge in [-0.05, 0) is 61.1 Å². The first kappa shape index (κ1) is 16.6. The number of carbonyl (C=O) groups excluding carboxylic acids is 1. The van der Waals surface area contributed by atoms with E-state index in [1.165, 1.54) is 22.3 Å². The number of hydrogen-bond donors (Lipinski definition) is 0. The molecule has 0 aromatic heterocycles. The van der Waals surface area contributed by atoms with Gasteiger partial charge in [-0.2, -0.15) is 0 Å². The first-order valence-electron chi connectivity index (χ1n) is 8.68. The summed E-state index contributed by atoms with van der Waals surface area (Å²) >= 11 is 0. The van der Waals surface area contributed by atoms with Crippen LogP contribution >= 0.6 is 0 Å². The van der Waals surface area contributed by atoms with Gasteiger partial charge >= 0.3 is 0 Å². The first-order chi connectivity index (χ1) is 11.6. The standard InChI is InChI=1S/C21H25NO2/c1-4-20(24-19-10-9-15(2)16(3)13-19)21(23)22-12-11-17-7-5-6-8-18(17)14-22/h5-10,13,20H,4,11-12,14H2,1-3H3/t20-/m1/s1. The average molecular weight is 323 g/mol. The van der Waals surface area contributed by atoms with Gasteiger partial charge in [0, 0.05) is 13.1 Å². The van der Waals surface area contributed by atoms with Crippen LogP contribution in [0.25, 0.3) is 0 Å². The molecule has 1 amide bonds. The Morgan fingerprint density at radius 2 is 1.88 bits per heavy atom. The van der Waals surface area contributed by atoms with Gasteiger partial charge in [-0.1, -0.05) is 37.3 Å². The summed E-state index contributed by atoms with van der Waals surface area (Å²) < 4.78 is 6.01. The van der Waals surface area contributed by atoms with E-state index in [2.05, 4.69) is 32.0 Å². The van der Waals surface area contributed by atoms with E-state index in [1.54, 1.807) is 0 Å². The summed E-state index contributed by atoms with van der Waals surface area (Å²) in [5.41, 5.74) is 5.01. The van der Waals surface area contributed by atoms with E-state index in [9.17, 15) is 4.79 Å². The molecule has 2 aromatic carbocycles. The third-order valence-corrected chi connectivity index (χ3v) is 4.85. The van der Waals surface area contributed by atoms with Crippen molar-refractivity contribution in [3.8, 4) is 5.75 Å². The molecule has 0 bridgehead atoms. The molecule has 1 aliphatic heterocycles. The third-order valence-electron chi connectivity index (χ3n) is 4.85. The number of ether oxygens (including phenoxy) is 1. The molecule has 2 aromatic rings. The Kier molecular flexibility index (Phi) is 4.89.